The normalized spacial score (nSPS) is 12.9. The molecule has 0 aliphatic carbocycles. The summed E-state index contributed by atoms with van der Waals surface area (Å²) in [5.41, 5.74) is 1.09. The van der Waals surface area contributed by atoms with E-state index in [4.69, 9.17) is 4.18 Å². The highest BCUT2D eigenvalue weighted by molar-refractivity contribution is 7.87. The van der Waals surface area contributed by atoms with E-state index in [0.29, 0.717) is 18.6 Å². The molecule has 4 heteroatoms. The maximum Gasteiger partial charge on any atom is 0.312 e. The molecule has 1 unspecified atom stereocenters. The number of hydrogen-bond acceptors (Lipinski definition) is 3. The Balaban J connectivity index is 2.36. The van der Waals surface area contributed by atoms with Crippen molar-refractivity contribution < 1.29 is 12.6 Å². The molecule has 0 N–H and O–H groups in total. The van der Waals surface area contributed by atoms with Crippen LogP contribution in [0.3, 0.4) is 0 Å². The van der Waals surface area contributed by atoms with Gasteiger partial charge in [0, 0.05) is 0 Å². The van der Waals surface area contributed by atoms with Crippen molar-refractivity contribution in [2.45, 2.75) is 103 Å². The zero-order valence-electron chi connectivity index (χ0n) is 17.0. The second-order valence-corrected chi connectivity index (χ2v) is 9.24. The average Bonchev–Trinajstić information content (AvgIpc) is 2.61. The summed E-state index contributed by atoms with van der Waals surface area (Å²) in [6.45, 7) is 6.25. The molecule has 1 rings (SSSR count). The van der Waals surface area contributed by atoms with E-state index < -0.39 is 15.4 Å². The molecule has 0 fully saturated rings. The zero-order chi connectivity index (χ0) is 19.3. The standard InChI is InChI=1S/C22H38O3S/c1-4-6-7-8-9-10-11-12-13-15-22(14-5-2)26(23,24)25-21-18-16-20(3)17-19-21/h16-19,22H,4-15H2,1-3H3. The molecule has 1 aromatic rings. The maximum absolute atomic E-state index is 12.6. The Hall–Kier alpha value is -1.03. The van der Waals surface area contributed by atoms with Crippen molar-refractivity contribution in [2.24, 2.45) is 0 Å². The third-order valence-electron chi connectivity index (χ3n) is 4.88. The van der Waals surface area contributed by atoms with Crippen LogP contribution in [0.25, 0.3) is 0 Å². The van der Waals surface area contributed by atoms with Crippen LogP contribution in [-0.4, -0.2) is 13.7 Å². The van der Waals surface area contributed by atoms with Gasteiger partial charge in [0.05, 0.1) is 5.25 Å². The molecule has 150 valence electrons. The molecule has 0 aliphatic heterocycles. The van der Waals surface area contributed by atoms with Crippen LogP contribution in [-0.2, 0) is 10.1 Å². The Kier molecular flexibility index (Phi) is 11.7. The Morgan fingerprint density at radius 2 is 1.31 bits per heavy atom. The quantitative estimate of drug-likeness (QED) is 0.248. The summed E-state index contributed by atoms with van der Waals surface area (Å²) in [4.78, 5) is 0. The minimum atomic E-state index is -3.56. The van der Waals surface area contributed by atoms with Gasteiger partial charge in [0.1, 0.15) is 5.75 Å². The van der Waals surface area contributed by atoms with Crippen LogP contribution in [0.4, 0.5) is 0 Å². The van der Waals surface area contributed by atoms with Gasteiger partial charge in [-0.05, 0) is 31.9 Å². The Morgan fingerprint density at radius 3 is 1.85 bits per heavy atom. The first-order valence-electron chi connectivity index (χ1n) is 10.5. The summed E-state index contributed by atoms with van der Waals surface area (Å²) in [6, 6.07) is 7.21. The average molecular weight is 383 g/mol. The van der Waals surface area contributed by atoms with Crippen LogP contribution in [0.1, 0.15) is 96.5 Å². The van der Waals surface area contributed by atoms with Gasteiger partial charge in [-0.1, -0.05) is 95.8 Å². The second-order valence-electron chi connectivity index (χ2n) is 7.42. The van der Waals surface area contributed by atoms with Gasteiger partial charge in [-0.15, -0.1) is 0 Å². The lowest BCUT2D eigenvalue weighted by Gasteiger charge is -2.17. The Bertz CT molecular complexity index is 564. The largest absolute Gasteiger partial charge is 0.382 e. The molecule has 0 heterocycles. The predicted octanol–water partition coefficient (Wildman–Crippen LogP) is 6.79. The summed E-state index contributed by atoms with van der Waals surface area (Å²) in [5.74, 6) is 0.420. The smallest absolute Gasteiger partial charge is 0.312 e. The lowest BCUT2D eigenvalue weighted by Crippen LogP contribution is -2.26. The van der Waals surface area contributed by atoms with E-state index in [2.05, 4.69) is 6.92 Å². The molecule has 1 atom stereocenters. The van der Waals surface area contributed by atoms with E-state index in [1.54, 1.807) is 12.1 Å². The van der Waals surface area contributed by atoms with Crippen LogP contribution in [0, 0.1) is 6.92 Å². The highest BCUT2D eigenvalue weighted by atomic mass is 32.2. The van der Waals surface area contributed by atoms with Gasteiger partial charge in [-0.2, -0.15) is 8.42 Å². The molecule has 0 saturated carbocycles. The summed E-state index contributed by atoms with van der Waals surface area (Å²) in [5, 5.41) is -0.390. The van der Waals surface area contributed by atoms with Crippen molar-refractivity contribution in [2.75, 3.05) is 0 Å². The van der Waals surface area contributed by atoms with E-state index in [0.717, 1.165) is 24.8 Å². The number of benzene rings is 1. The SMILES string of the molecule is CCCCCCCCCCCC(CCC)S(=O)(=O)Oc1ccc(C)cc1. The van der Waals surface area contributed by atoms with Crippen molar-refractivity contribution in [3.63, 3.8) is 0 Å². The third kappa shape index (κ3) is 9.61. The fourth-order valence-electron chi connectivity index (χ4n) is 3.23. The molecule has 3 nitrogen and oxygen atoms in total. The van der Waals surface area contributed by atoms with E-state index >= 15 is 0 Å². The molecular weight excluding hydrogens is 344 g/mol. The van der Waals surface area contributed by atoms with Gasteiger partial charge in [0.15, 0.2) is 0 Å². The molecule has 26 heavy (non-hydrogen) atoms. The van der Waals surface area contributed by atoms with Gasteiger partial charge < -0.3 is 4.18 Å². The van der Waals surface area contributed by atoms with Crippen LogP contribution in [0.2, 0.25) is 0 Å². The van der Waals surface area contributed by atoms with Gasteiger partial charge in [0.25, 0.3) is 0 Å². The third-order valence-corrected chi connectivity index (χ3v) is 6.59. The molecule has 1 aromatic carbocycles. The molecule has 0 radical (unpaired) electrons. The first-order valence-corrected chi connectivity index (χ1v) is 12.0. The van der Waals surface area contributed by atoms with Crippen LogP contribution < -0.4 is 4.18 Å². The summed E-state index contributed by atoms with van der Waals surface area (Å²) in [7, 11) is -3.56. The highest BCUT2D eigenvalue weighted by Gasteiger charge is 2.26. The Labute approximate surface area is 161 Å². The lowest BCUT2D eigenvalue weighted by molar-refractivity contribution is 0.451. The number of hydrogen-bond donors (Lipinski definition) is 0. The van der Waals surface area contributed by atoms with E-state index in [1.807, 2.05) is 26.0 Å². The fourth-order valence-corrected chi connectivity index (χ4v) is 4.73. The minimum absolute atomic E-state index is 0.390. The van der Waals surface area contributed by atoms with Crippen LogP contribution in [0.5, 0.6) is 5.75 Å². The lowest BCUT2D eigenvalue weighted by atomic mass is 10.0. The molecule has 0 saturated heterocycles. The van der Waals surface area contributed by atoms with Crippen LogP contribution in [0.15, 0.2) is 24.3 Å². The zero-order valence-corrected chi connectivity index (χ0v) is 17.8. The highest BCUT2D eigenvalue weighted by Crippen LogP contribution is 2.22. The summed E-state index contributed by atoms with van der Waals surface area (Å²) >= 11 is 0. The molecule has 0 spiro atoms. The van der Waals surface area contributed by atoms with Crippen molar-refractivity contribution in [3.05, 3.63) is 29.8 Å². The molecule has 0 bridgehead atoms. The van der Waals surface area contributed by atoms with Crippen molar-refractivity contribution >= 4 is 10.1 Å². The molecular formula is C22H38O3S. The second kappa shape index (κ2) is 13.2. The number of unbranched alkanes of at least 4 members (excludes halogenated alkanes) is 8. The maximum atomic E-state index is 12.6. The first kappa shape index (κ1) is 23.0. The monoisotopic (exact) mass is 382 g/mol. The van der Waals surface area contributed by atoms with E-state index in [-0.39, 0.29) is 0 Å². The fraction of sp³-hybridized carbons (Fsp3) is 0.727. The van der Waals surface area contributed by atoms with E-state index in [9.17, 15) is 8.42 Å². The molecule has 0 aliphatic rings. The van der Waals surface area contributed by atoms with Gasteiger partial charge in [-0.3, -0.25) is 0 Å². The predicted molar refractivity (Wildman–Crippen MR) is 111 cm³/mol. The first-order chi connectivity index (χ1) is 12.5. The van der Waals surface area contributed by atoms with Gasteiger partial charge in [-0.25, -0.2) is 0 Å². The molecule has 0 amide bonds. The van der Waals surface area contributed by atoms with E-state index in [1.165, 1.54) is 44.9 Å². The summed E-state index contributed by atoms with van der Waals surface area (Å²) in [6.07, 6.45) is 13.4. The topological polar surface area (TPSA) is 43.4 Å². The minimum Gasteiger partial charge on any atom is -0.382 e. The molecule has 0 aromatic heterocycles. The van der Waals surface area contributed by atoms with Crippen molar-refractivity contribution in [1.29, 1.82) is 0 Å². The summed E-state index contributed by atoms with van der Waals surface area (Å²) < 4.78 is 30.6. The van der Waals surface area contributed by atoms with Gasteiger partial charge in [0.2, 0.25) is 0 Å². The van der Waals surface area contributed by atoms with Crippen LogP contribution >= 0.6 is 0 Å². The van der Waals surface area contributed by atoms with Crippen molar-refractivity contribution in [1.82, 2.24) is 0 Å². The number of rotatable bonds is 15. The number of aryl methyl sites for hydroxylation is 1. The van der Waals surface area contributed by atoms with Gasteiger partial charge >= 0.3 is 10.1 Å². The Morgan fingerprint density at radius 1 is 0.769 bits per heavy atom. The van der Waals surface area contributed by atoms with Crippen molar-refractivity contribution in [3.8, 4) is 5.75 Å².